The van der Waals surface area contributed by atoms with E-state index in [0.717, 1.165) is 24.8 Å². The van der Waals surface area contributed by atoms with Crippen molar-refractivity contribution in [1.29, 1.82) is 0 Å². The van der Waals surface area contributed by atoms with Crippen LogP contribution in [0.15, 0.2) is 18.2 Å². The van der Waals surface area contributed by atoms with E-state index < -0.39 is 0 Å². The van der Waals surface area contributed by atoms with Crippen molar-refractivity contribution in [3.63, 3.8) is 0 Å². The van der Waals surface area contributed by atoms with Crippen LogP contribution >= 0.6 is 0 Å². The van der Waals surface area contributed by atoms with Gasteiger partial charge in [-0.3, -0.25) is 14.4 Å². The van der Waals surface area contributed by atoms with Crippen LogP contribution in [0.1, 0.15) is 48.0 Å². The highest BCUT2D eigenvalue weighted by Gasteiger charge is 2.41. The number of aryl methyl sites for hydroxylation is 1. The first-order valence-corrected chi connectivity index (χ1v) is 10.3. The smallest absolute Gasteiger partial charge is 0.254 e. The van der Waals surface area contributed by atoms with E-state index in [1.807, 2.05) is 19.1 Å². The Kier molecular flexibility index (Phi) is 5.49. The average molecular weight is 384 g/mol. The Labute approximate surface area is 165 Å². The number of amides is 2. The van der Waals surface area contributed by atoms with E-state index in [4.69, 9.17) is 4.74 Å². The second kappa shape index (κ2) is 8.03. The monoisotopic (exact) mass is 384 g/mol. The molecule has 2 amide bonds. The minimum atomic E-state index is -0.119. The van der Waals surface area contributed by atoms with Gasteiger partial charge in [0.1, 0.15) is 5.78 Å². The molecule has 6 heteroatoms. The second-order valence-electron chi connectivity index (χ2n) is 8.32. The molecule has 2 unspecified atom stereocenters. The minimum Gasteiger partial charge on any atom is -0.378 e. The second-order valence-corrected chi connectivity index (χ2v) is 8.32. The van der Waals surface area contributed by atoms with Crippen molar-refractivity contribution in [1.82, 2.24) is 4.90 Å². The van der Waals surface area contributed by atoms with Crippen LogP contribution in [0.3, 0.4) is 0 Å². The minimum absolute atomic E-state index is 0.0246. The first-order chi connectivity index (χ1) is 13.5. The summed E-state index contributed by atoms with van der Waals surface area (Å²) in [7, 11) is 0. The number of anilines is 1. The third-order valence-electron chi connectivity index (χ3n) is 6.46. The molecule has 0 radical (unpaired) electrons. The van der Waals surface area contributed by atoms with Gasteiger partial charge in [-0.2, -0.15) is 0 Å². The molecule has 1 aromatic rings. The summed E-state index contributed by atoms with van der Waals surface area (Å²) in [6.07, 6.45) is 4.25. The molecule has 1 heterocycles. The van der Waals surface area contributed by atoms with Gasteiger partial charge in [-0.15, -0.1) is 0 Å². The SMILES string of the molecule is Cc1ccc(C(=O)N2CCOCC2)cc1NC(=O)C1CC2CCCC(C1)C2=O. The number of hydrogen-bond donors (Lipinski definition) is 1. The molecule has 2 saturated carbocycles. The van der Waals surface area contributed by atoms with E-state index in [1.165, 1.54) is 0 Å². The Balaban J connectivity index is 1.46. The molecule has 0 spiro atoms. The number of nitrogens with zero attached hydrogens (tertiary/aromatic N) is 1. The topological polar surface area (TPSA) is 75.7 Å². The number of morpholine rings is 1. The molecule has 150 valence electrons. The Morgan fingerprint density at radius 3 is 2.46 bits per heavy atom. The first kappa shape index (κ1) is 19.1. The van der Waals surface area contributed by atoms with Crippen LogP contribution in [0.5, 0.6) is 0 Å². The average Bonchev–Trinajstić information content (AvgIpc) is 2.69. The number of rotatable bonds is 3. The maximum absolute atomic E-state index is 12.9. The van der Waals surface area contributed by atoms with E-state index in [1.54, 1.807) is 11.0 Å². The number of ether oxygens (including phenoxy) is 1. The van der Waals surface area contributed by atoms with E-state index in [9.17, 15) is 14.4 Å². The van der Waals surface area contributed by atoms with E-state index in [2.05, 4.69) is 5.32 Å². The normalized spacial score (nSPS) is 27.4. The molecule has 1 saturated heterocycles. The van der Waals surface area contributed by atoms with Gasteiger partial charge in [-0.25, -0.2) is 0 Å². The highest BCUT2D eigenvalue weighted by Crippen LogP contribution is 2.40. The van der Waals surface area contributed by atoms with Gasteiger partial charge in [-0.1, -0.05) is 12.5 Å². The quantitative estimate of drug-likeness (QED) is 0.869. The fourth-order valence-electron chi connectivity index (χ4n) is 4.77. The highest BCUT2D eigenvalue weighted by molar-refractivity contribution is 5.99. The molecule has 2 bridgehead atoms. The summed E-state index contributed by atoms with van der Waals surface area (Å²) in [6, 6.07) is 5.47. The van der Waals surface area contributed by atoms with E-state index in [0.29, 0.717) is 56.2 Å². The van der Waals surface area contributed by atoms with Gasteiger partial charge in [0.05, 0.1) is 13.2 Å². The van der Waals surface area contributed by atoms with Gasteiger partial charge in [0.15, 0.2) is 0 Å². The molecule has 6 nitrogen and oxygen atoms in total. The third kappa shape index (κ3) is 3.83. The van der Waals surface area contributed by atoms with Crippen molar-refractivity contribution >= 4 is 23.3 Å². The van der Waals surface area contributed by atoms with Gasteiger partial charge in [0.2, 0.25) is 5.91 Å². The van der Waals surface area contributed by atoms with Crippen LogP contribution in [0, 0.1) is 24.7 Å². The number of nitrogens with one attached hydrogen (secondary N) is 1. The molecule has 2 aliphatic carbocycles. The lowest BCUT2D eigenvalue weighted by Crippen LogP contribution is -2.41. The van der Waals surface area contributed by atoms with Crippen molar-refractivity contribution in [2.45, 2.75) is 39.0 Å². The number of ketones is 1. The number of benzene rings is 1. The molecule has 1 N–H and O–H groups in total. The molecule has 28 heavy (non-hydrogen) atoms. The lowest BCUT2D eigenvalue weighted by atomic mass is 9.67. The van der Waals surface area contributed by atoms with Crippen molar-refractivity contribution in [3.05, 3.63) is 29.3 Å². The summed E-state index contributed by atoms with van der Waals surface area (Å²) in [5.74, 6) is 0.299. The third-order valence-corrected chi connectivity index (χ3v) is 6.46. The first-order valence-electron chi connectivity index (χ1n) is 10.3. The molecule has 2 atom stereocenters. The summed E-state index contributed by atoms with van der Waals surface area (Å²) >= 11 is 0. The predicted molar refractivity (Wildman–Crippen MR) is 105 cm³/mol. The maximum Gasteiger partial charge on any atom is 0.254 e. The Morgan fingerprint density at radius 1 is 1.11 bits per heavy atom. The van der Waals surface area contributed by atoms with Crippen LogP contribution in [0.25, 0.3) is 0 Å². The molecule has 0 aromatic heterocycles. The number of fused-ring (bicyclic) bond motifs is 2. The zero-order valence-corrected chi connectivity index (χ0v) is 16.4. The molecule has 3 aliphatic rings. The van der Waals surface area contributed by atoms with Gasteiger partial charge in [0, 0.05) is 42.1 Å². The van der Waals surface area contributed by atoms with Gasteiger partial charge in [0.25, 0.3) is 5.91 Å². The maximum atomic E-state index is 12.9. The summed E-state index contributed by atoms with van der Waals surface area (Å²) in [5.41, 5.74) is 2.20. The largest absolute Gasteiger partial charge is 0.378 e. The number of carbonyl (C=O) groups is 3. The van der Waals surface area contributed by atoms with Crippen LogP contribution in [-0.4, -0.2) is 48.8 Å². The van der Waals surface area contributed by atoms with Crippen LogP contribution < -0.4 is 5.32 Å². The number of Topliss-reactive ketones (excluding diaryl/α,β-unsaturated/α-hetero) is 1. The zero-order chi connectivity index (χ0) is 19.7. The van der Waals surface area contributed by atoms with E-state index in [-0.39, 0.29) is 29.6 Å². The van der Waals surface area contributed by atoms with Gasteiger partial charge in [-0.05, 0) is 50.3 Å². The summed E-state index contributed by atoms with van der Waals surface area (Å²) < 4.78 is 5.31. The predicted octanol–water partition coefficient (Wildman–Crippen LogP) is 2.80. The Bertz CT molecular complexity index is 769. The summed E-state index contributed by atoms with van der Waals surface area (Å²) in [6.45, 7) is 4.23. The van der Waals surface area contributed by atoms with Crippen molar-refractivity contribution in [2.75, 3.05) is 31.6 Å². The molecule has 1 aliphatic heterocycles. The Hall–Kier alpha value is -2.21. The summed E-state index contributed by atoms with van der Waals surface area (Å²) in [5, 5.41) is 3.04. The Morgan fingerprint density at radius 2 is 1.79 bits per heavy atom. The molecular formula is C22H28N2O4. The molecule has 3 fully saturated rings. The van der Waals surface area contributed by atoms with Gasteiger partial charge < -0.3 is 15.0 Å². The molecular weight excluding hydrogens is 356 g/mol. The van der Waals surface area contributed by atoms with Crippen LogP contribution in [0.4, 0.5) is 5.69 Å². The fraction of sp³-hybridized carbons (Fsp3) is 0.591. The fourth-order valence-corrected chi connectivity index (χ4v) is 4.77. The van der Waals surface area contributed by atoms with Crippen molar-refractivity contribution < 1.29 is 19.1 Å². The summed E-state index contributed by atoms with van der Waals surface area (Å²) in [4.78, 5) is 39.7. The van der Waals surface area contributed by atoms with Crippen molar-refractivity contribution in [3.8, 4) is 0 Å². The van der Waals surface area contributed by atoms with E-state index >= 15 is 0 Å². The molecule has 4 rings (SSSR count). The van der Waals surface area contributed by atoms with Crippen molar-refractivity contribution in [2.24, 2.45) is 17.8 Å². The number of carbonyl (C=O) groups excluding carboxylic acids is 3. The van der Waals surface area contributed by atoms with Crippen LogP contribution in [0.2, 0.25) is 0 Å². The lowest BCUT2D eigenvalue weighted by molar-refractivity contribution is -0.136. The number of hydrogen-bond acceptors (Lipinski definition) is 4. The standard InChI is InChI=1S/C22H28N2O4/c1-14-5-6-17(22(27)24-7-9-28-10-8-24)13-19(14)23-21(26)18-11-15-3-2-4-16(12-18)20(15)25/h5-6,13,15-16,18H,2-4,7-12H2,1H3,(H,23,26). The van der Waals surface area contributed by atoms with Gasteiger partial charge >= 0.3 is 0 Å². The van der Waals surface area contributed by atoms with Crippen LogP contribution in [-0.2, 0) is 14.3 Å². The lowest BCUT2D eigenvalue weighted by Gasteiger charge is -2.37. The highest BCUT2D eigenvalue weighted by atomic mass is 16.5. The zero-order valence-electron chi connectivity index (χ0n) is 16.4. The molecule has 1 aromatic carbocycles.